The van der Waals surface area contributed by atoms with Crippen LogP contribution in [0, 0.1) is 11.3 Å². The molecule has 1 aliphatic heterocycles. The summed E-state index contributed by atoms with van der Waals surface area (Å²) < 4.78 is 0. The standard InChI is InChI=1S/C14H20N4/c1-3-13-11-18(8-7-17(13)2)14(9-15)12-5-4-6-16-10-12/h4-6,10,13-14H,3,7-8,11H2,1-2H3. The lowest BCUT2D eigenvalue weighted by Gasteiger charge is -2.40. The smallest absolute Gasteiger partial charge is 0.125 e. The van der Waals surface area contributed by atoms with E-state index in [0.29, 0.717) is 6.04 Å². The summed E-state index contributed by atoms with van der Waals surface area (Å²) in [7, 11) is 2.16. The Kier molecular flexibility index (Phi) is 4.29. The topological polar surface area (TPSA) is 43.2 Å². The van der Waals surface area contributed by atoms with E-state index in [0.717, 1.165) is 31.6 Å². The maximum atomic E-state index is 9.42. The molecule has 18 heavy (non-hydrogen) atoms. The Morgan fingerprint density at radius 2 is 2.39 bits per heavy atom. The number of pyridine rings is 1. The molecule has 2 rings (SSSR count). The van der Waals surface area contributed by atoms with E-state index < -0.39 is 0 Å². The molecule has 4 heteroatoms. The molecule has 1 saturated heterocycles. The first kappa shape index (κ1) is 13.0. The van der Waals surface area contributed by atoms with Crippen LogP contribution in [0.25, 0.3) is 0 Å². The zero-order chi connectivity index (χ0) is 13.0. The SMILES string of the molecule is CCC1CN(C(C#N)c2cccnc2)CCN1C. The fourth-order valence-electron chi connectivity index (χ4n) is 2.55. The van der Waals surface area contributed by atoms with Crippen molar-refractivity contribution in [2.45, 2.75) is 25.4 Å². The quantitative estimate of drug-likeness (QED) is 0.811. The molecule has 2 atom stereocenters. The van der Waals surface area contributed by atoms with Crippen LogP contribution in [0.2, 0.25) is 0 Å². The number of nitriles is 1. The molecule has 96 valence electrons. The van der Waals surface area contributed by atoms with Gasteiger partial charge in [-0.3, -0.25) is 9.88 Å². The molecular formula is C14H20N4. The third-order valence-corrected chi connectivity index (χ3v) is 3.77. The third-order valence-electron chi connectivity index (χ3n) is 3.77. The number of hydrogen-bond donors (Lipinski definition) is 0. The first-order chi connectivity index (χ1) is 8.76. The highest BCUT2D eigenvalue weighted by molar-refractivity contribution is 5.20. The molecule has 0 amide bonds. The van der Waals surface area contributed by atoms with Crippen LogP contribution in [0.15, 0.2) is 24.5 Å². The van der Waals surface area contributed by atoms with E-state index in [1.165, 1.54) is 0 Å². The number of nitrogens with zero attached hydrogens (tertiary/aromatic N) is 4. The zero-order valence-corrected chi connectivity index (χ0v) is 11.1. The number of likely N-dealkylation sites (N-methyl/N-ethyl adjacent to an activating group) is 1. The van der Waals surface area contributed by atoms with E-state index in [2.05, 4.69) is 34.8 Å². The molecule has 0 aromatic carbocycles. The maximum absolute atomic E-state index is 9.42. The fraction of sp³-hybridized carbons (Fsp3) is 0.571. The van der Waals surface area contributed by atoms with Gasteiger partial charge in [0.25, 0.3) is 0 Å². The second-order valence-corrected chi connectivity index (χ2v) is 4.86. The molecule has 0 spiro atoms. The van der Waals surface area contributed by atoms with Crippen LogP contribution >= 0.6 is 0 Å². The van der Waals surface area contributed by atoms with Gasteiger partial charge in [-0.15, -0.1) is 0 Å². The summed E-state index contributed by atoms with van der Waals surface area (Å²) in [5, 5.41) is 9.42. The van der Waals surface area contributed by atoms with Gasteiger partial charge in [0.05, 0.1) is 6.07 Å². The summed E-state index contributed by atoms with van der Waals surface area (Å²) in [6.07, 6.45) is 4.67. The lowest BCUT2D eigenvalue weighted by molar-refractivity contribution is 0.0772. The summed E-state index contributed by atoms with van der Waals surface area (Å²) in [5.41, 5.74) is 0.999. The van der Waals surface area contributed by atoms with Gasteiger partial charge in [0, 0.05) is 43.6 Å². The Hall–Kier alpha value is -1.44. The largest absolute Gasteiger partial charge is 0.301 e. The first-order valence-electron chi connectivity index (χ1n) is 6.50. The van der Waals surface area contributed by atoms with Crippen molar-refractivity contribution in [3.05, 3.63) is 30.1 Å². The second-order valence-electron chi connectivity index (χ2n) is 4.86. The van der Waals surface area contributed by atoms with E-state index in [1.54, 1.807) is 12.4 Å². The van der Waals surface area contributed by atoms with Gasteiger partial charge in [-0.2, -0.15) is 5.26 Å². The van der Waals surface area contributed by atoms with Crippen LogP contribution in [0.1, 0.15) is 24.9 Å². The number of rotatable bonds is 3. The molecular weight excluding hydrogens is 224 g/mol. The van der Waals surface area contributed by atoms with Crippen molar-refractivity contribution in [3.63, 3.8) is 0 Å². The average Bonchev–Trinajstić information content (AvgIpc) is 2.42. The molecule has 1 aliphatic rings. The van der Waals surface area contributed by atoms with Crippen molar-refractivity contribution < 1.29 is 0 Å². The van der Waals surface area contributed by atoms with Crippen LogP contribution in [0.4, 0.5) is 0 Å². The molecule has 0 saturated carbocycles. The Morgan fingerprint density at radius 3 is 3.00 bits per heavy atom. The van der Waals surface area contributed by atoms with Crippen molar-refractivity contribution in [3.8, 4) is 6.07 Å². The summed E-state index contributed by atoms with van der Waals surface area (Å²) >= 11 is 0. The van der Waals surface area contributed by atoms with Gasteiger partial charge in [0.1, 0.15) is 6.04 Å². The molecule has 1 aromatic heterocycles. The van der Waals surface area contributed by atoms with Crippen molar-refractivity contribution in [1.82, 2.24) is 14.8 Å². The molecule has 4 nitrogen and oxygen atoms in total. The highest BCUT2D eigenvalue weighted by Gasteiger charge is 2.28. The monoisotopic (exact) mass is 244 g/mol. The van der Waals surface area contributed by atoms with E-state index in [-0.39, 0.29) is 6.04 Å². The van der Waals surface area contributed by atoms with E-state index in [9.17, 15) is 5.26 Å². The average molecular weight is 244 g/mol. The Labute approximate surface area is 109 Å². The molecule has 1 aromatic rings. The molecule has 0 aliphatic carbocycles. The van der Waals surface area contributed by atoms with Crippen LogP contribution in [-0.2, 0) is 0 Å². The van der Waals surface area contributed by atoms with E-state index >= 15 is 0 Å². The lowest BCUT2D eigenvalue weighted by atomic mass is 10.0. The Morgan fingerprint density at radius 1 is 1.56 bits per heavy atom. The van der Waals surface area contributed by atoms with Crippen LogP contribution < -0.4 is 0 Å². The maximum Gasteiger partial charge on any atom is 0.125 e. The van der Waals surface area contributed by atoms with Crippen LogP contribution in [0.5, 0.6) is 0 Å². The highest BCUT2D eigenvalue weighted by atomic mass is 15.3. The minimum atomic E-state index is -0.165. The Bertz CT molecular complexity index is 412. The molecule has 1 fully saturated rings. The summed E-state index contributed by atoms with van der Waals surface area (Å²) in [6, 6.07) is 6.68. The number of hydrogen-bond acceptors (Lipinski definition) is 4. The van der Waals surface area contributed by atoms with Gasteiger partial charge in [0.2, 0.25) is 0 Å². The molecule has 0 radical (unpaired) electrons. The predicted octanol–water partition coefficient (Wildman–Crippen LogP) is 1.67. The van der Waals surface area contributed by atoms with E-state index in [1.807, 2.05) is 12.1 Å². The summed E-state index contributed by atoms with van der Waals surface area (Å²) in [4.78, 5) is 8.77. The molecule has 0 bridgehead atoms. The normalized spacial score (nSPS) is 23.5. The predicted molar refractivity (Wildman–Crippen MR) is 70.9 cm³/mol. The van der Waals surface area contributed by atoms with Crippen molar-refractivity contribution in [1.29, 1.82) is 5.26 Å². The molecule has 2 unspecified atom stereocenters. The van der Waals surface area contributed by atoms with Crippen LogP contribution in [0.3, 0.4) is 0 Å². The van der Waals surface area contributed by atoms with Gasteiger partial charge in [-0.1, -0.05) is 13.0 Å². The summed E-state index contributed by atoms with van der Waals surface area (Å²) in [5.74, 6) is 0. The number of aromatic nitrogens is 1. The van der Waals surface area contributed by atoms with Crippen LogP contribution in [-0.4, -0.2) is 47.5 Å². The molecule has 2 heterocycles. The second kappa shape index (κ2) is 5.94. The van der Waals surface area contributed by atoms with Gasteiger partial charge < -0.3 is 4.90 Å². The minimum absolute atomic E-state index is 0.165. The van der Waals surface area contributed by atoms with E-state index in [4.69, 9.17) is 0 Å². The van der Waals surface area contributed by atoms with Gasteiger partial charge in [0.15, 0.2) is 0 Å². The highest BCUT2D eigenvalue weighted by Crippen LogP contribution is 2.23. The summed E-state index contributed by atoms with van der Waals surface area (Å²) in [6.45, 7) is 5.13. The minimum Gasteiger partial charge on any atom is -0.301 e. The third kappa shape index (κ3) is 2.69. The number of piperazine rings is 1. The van der Waals surface area contributed by atoms with Gasteiger partial charge >= 0.3 is 0 Å². The fourth-order valence-corrected chi connectivity index (χ4v) is 2.55. The molecule has 0 N–H and O–H groups in total. The van der Waals surface area contributed by atoms with Crippen molar-refractivity contribution in [2.24, 2.45) is 0 Å². The van der Waals surface area contributed by atoms with Gasteiger partial charge in [-0.05, 0) is 19.5 Å². The van der Waals surface area contributed by atoms with Crippen molar-refractivity contribution >= 4 is 0 Å². The van der Waals surface area contributed by atoms with Crippen molar-refractivity contribution in [2.75, 3.05) is 26.7 Å². The zero-order valence-electron chi connectivity index (χ0n) is 11.1. The lowest BCUT2D eigenvalue weighted by Crippen LogP contribution is -2.51. The Balaban J connectivity index is 2.13. The van der Waals surface area contributed by atoms with Gasteiger partial charge in [-0.25, -0.2) is 0 Å². The first-order valence-corrected chi connectivity index (χ1v) is 6.50.